The van der Waals surface area contributed by atoms with Crippen molar-refractivity contribution in [3.05, 3.63) is 54.2 Å². The first-order valence-electron chi connectivity index (χ1n) is 11.7. The molecular formula is C26H31N3O5S. The molecule has 0 atom stereocenters. The van der Waals surface area contributed by atoms with Gasteiger partial charge in [0.25, 0.3) is 0 Å². The van der Waals surface area contributed by atoms with Crippen LogP contribution in [0.15, 0.2) is 57.9 Å². The van der Waals surface area contributed by atoms with Gasteiger partial charge in [-0.3, -0.25) is 4.79 Å². The zero-order chi connectivity index (χ0) is 25.0. The summed E-state index contributed by atoms with van der Waals surface area (Å²) in [4.78, 5) is 14.9. The number of piperidine rings is 1. The molecule has 1 aliphatic rings. The molecule has 1 aliphatic heterocycles. The van der Waals surface area contributed by atoms with Gasteiger partial charge in [0, 0.05) is 42.5 Å². The molecule has 9 heteroatoms. The highest BCUT2D eigenvalue weighted by atomic mass is 32.2. The standard InChI is InChI=1S/C26H31N3O5S/c1-18-10-13-29(14-11-18)22-7-5-21(6-8-22)27-26(30)12-15-35(31,32)25-17-20(4-9-23(25)33-3)24-16-19(2)28-34-24/h4-9,16-18H,10-15H2,1-3H3,(H,27,30). The zero-order valence-corrected chi connectivity index (χ0v) is 21.1. The van der Waals surface area contributed by atoms with E-state index in [1.165, 1.54) is 26.0 Å². The van der Waals surface area contributed by atoms with Gasteiger partial charge < -0.3 is 19.5 Å². The molecular weight excluding hydrogens is 466 g/mol. The molecule has 2 heterocycles. The van der Waals surface area contributed by atoms with Gasteiger partial charge in [0.15, 0.2) is 15.6 Å². The van der Waals surface area contributed by atoms with Crippen LogP contribution in [0.4, 0.5) is 11.4 Å². The van der Waals surface area contributed by atoms with Gasteiger partial charge in [-0.1, -0.05) is 12.1 Å². The second-order valence-corrected chi connectivity index (χ2v) is 11.1. The number of anilines is 2. The van der Waals surface area contributed by atoms with Crippen LogP contribution in [0.5, 0.6) is 5.75 Å². The van der Waals surface area contributed by atoms with E-state index in [-0.39, 0.29) is 28.7 Å². The number of sulfone groups is 1. The number of hydrogen-bond donors (Lipinski definition) is 1. The van der Waals surface area contributed by atoms with E-state index in [4.69, 9.17) is 9.26 Å². The summed E-state index contributed by atoms with van der Waals surface area (Å²) >= 11 is 0. The van der Waals surface area contributed by atoms with Crippen molar-refractivity contribution in [1.82, 2.24) is 5.16 Å². The van der Waals surface area contributed by atoms with Crippen LogP contribution in [-0.4, -0.2) is 45.4 Å². The van der Waals surface area contributed by atoms with E-state index in [9.17, 15) is 13.2 Å². The Balaban J connectivity index is 1.39. The second-order valence-electron chi connectivity index (χ2n) is 9.03. The minimum atomic E-state index is -3.79. The number of benzene rings is 2. The van der Waals surface area contributed by atoms with Crippen molar-refractivity contribution in [3.8, 4) is 17.1 Å². The molecule has 8 nitrogen and oxygen atoms in total. The maximum Gasteiger partial charge on any atom is 0.225 e. The van der Waals surface area contributed by atoms with Crippen molar-refractivity contribution in [2.45, 2.75) is 38.0 Å². The first-order chi connectivity index (χ1) is 16.7. The molecule has 0 unspecified atom stereocenters. The van der Waals surface area contributed by atoms with Gasteiger partial charge in [-0.2, -0.15) is 0 Å². The molecule has 1 amide bonds. The predicted octanol–water partition coefficient (Wildman–Crippen LogP) is 4.70. The van der Waals surface area contributed by atoms with Gasteiger partial charge in [-0.05, 0) is 68.1 Å². The lowest BCUT2D eigenvalue weighted by molar-refractivity contribution is -0.115. The molecule has 2 aromatic carbocycles. The molecule has 35 heavy (non-hydrogen) atoms. The molecule has 0 saturated carbocycles. The number of aromatic nitrogens is 1. The molecule has 0 radical (unpaired) electrons. The molecule has 1 saturated heterocycles. The van der Waals surface area contributed by atoms with Crippen molar-refractivity contribution >= 4 is 27.1 Å². The van der Waals surface area contributed by atoms with Crippen LogP contribution >= 0.6 is 0 Å². The molecule has 1 aromatic heterocycles. The lowest BCUT2D eigenvalue weighted by Gasteiger charge is -2.32. The number of rotatable bonds is 8. The average Bonchev–Trinajstić information content (AvgIpc) is 3.30. The van der Waals surface area contributed by atoms with Crippen molar-refractivity contribution in [2.75, 3.05) is 36.2 Å². The Labute approximate surface area is 206 Å². The fraction of sp³-hybridized carbons (Fsp3) is 0.385. The zero-order valence-electron chi connectivity index (χ0n) is 20.3. The van der Waals surface area contributed by atoms with Crippen LogP contribution in [0.25, 0.3) is 11.3 Å². The smallest absolute Gasteiger partial charge is 0.225 e. The largest absolute Gasteiger partial charge is 0.495 e. The quantitative estimate of drug-likeness (QED) is 0.481. The van der Waals surface area contributed by atoms with Gasteiger partial charge in [0.05, 0.1) is 18.6 Å². The number of methoxy groups -OCH3 is 1. The van der Waals surface area contributed by atoms with Crippen LogP contribution in [0.1, 0.15) is 31.9 Å². The fourth-order valence-electron chi connectivity index (χ4n) is 4.16. The highest BCUT2D eigenvalue weighted by Crippen LogP contribution is 2.31. The predicted molar refractivity (Wildman–Crippen MR) is 136 cm³/mol. The Morgan fingerprint density at radius 1 is 1.14 bits per heavy atom. The lowest BCUT2D eigenvalue weighted by Crippen LogP contribution is -2.32. The molecule has 0 bridgehead atoms. The third kappa shape index (κ3) is 6.03. The number of ether oxygens (including phenoxy) is 1. The van der Waals surface area contributed by atoms with Crippen LogP contribution in [0, 0.1) is 12.8 Å². The summed E-state index contributed by atoms with van der Waals surface area (Å²) in [5, 5.41) is 6.65. The highest BCUT2D eigenvalue weighted by Gasteiger charge is 2.23. The Bertz CT molecular complexity index is 1280. The number of amides is 1. The van der Waals surface area contributed by atoms with E-state index >= 15 is 0 Å². The maximum atomic E-state index is 13.1. The summed E-state index contributed by atoms with van der Waals surface area (Å²) in [7, 11) is -2.38. The topological polar surface area (TPSA) is 102 Å². The third-order valence-electron chi connectivity index (χ3n) is 6.31. The number of carbonyl (C=O) groups is 1. The summed E-state index contributed by atoms with van der Waals surface area (Å²) in [6, 6.07) is 14.2. The molecule has 1 N–H and O–H groups in total. The van der Waals surface area contributed by atoms with Gasteiger partial charge in [-0.15, -0.1) is 0 Å². The summed E-state index contributed by atoms with van der Waals surface area (Å²) in [5.41, 5.74) is 3.03. The van der Waals surface area contributed by atoms with Crippen LogP contribution in [0.2, 0.25) is 0 Å². The highest BCUT2D eigenvalue weighted by molar-refractivity contribution is 7.91. The normalized spacial score (nSPS) is 14.7. The maximum absolute atomic E-state index is 13.1. The fourth-order valence-corrected chi connectivity index (χ4v) is 5.59. The number of nitrogens with one attached hydrogen (secondary N) is 1. The number of carbonyl (C=O) groups excluding carboxylic acids is 1. The summed E-state index contributed by atoms with van der Waals surface area (Å²) < 4.78 is 36.7. The van der Waals surface area contributed by atoms with Crippen molar-refractivity contribution in [2.24, 2.45) is 5.92 Å². The number of hydrogen-bond acceptors (Lipinski definition) is 7. The summed E-state index contributed by atoms with van der Waals surface area (Å²) in [6.07, 6.45) is 2.18. The van der Waals surface area contributed by atoms with Gasteiger partial charge in [0.1, 0.15) is 10.6 Å². The average molecular weight is 498 g/mol. The van der Waals surface area contributed by atoms with Crippen LogP contribution in [0.3, 0.4) is 0 Å². The minimum absolute atomic E-state index is 0.0135. The van der Waals surface area contributed by atoms with Gasteiger partial charge in [-0.25, -0.2) is 8.42 Å². The Hall–Kier alpha value is -3.33. The van der Waals surface area contributed by atoms with E-state index < -0.39 is 9.84 Å². The molecule has 186 valence electrons. The lowest BCUT2D eigenvalue weighted by atomic mass is 9.99. The third-order valence-corrected chi connectivity index (χ3v) is 8.04. The first-order valence-corrected chi connectivity index (χ1v) is 13.4. The number of nitrogens with zero attached hydrogens (tertiary/aromatic N) is 2. The first kappa shape index (κ1) is 24.8. The minimum Gasteiger partial charge on any atom is -0.495 e. The van der Waals surface area contributed by atoms with Crippen LogP contribution < -0.4 is 15.0 Å². The Morgan fingerprint density at radius 2 is 1.86 bits per heavy atom. The van der Waals surface area contributed by atoms with E-state index in [0.717, 1.165) is 24.7 Å². The van der Waals surface area contributed by atoms with E-state index in [1.807, 2.05) is 24.3 Å². The molecule has 4 rings (SSSR count). The second kappa shape index (κ2) is 10.5. The van der Waals surface area contributed by atoms with Crippen molar-refractivity contribution in [1.29, 1.82) is 0 Å². The van der Waals surface area contributed by atoms with Crippen LogP contribution in [-0.2, 0) is 14.6 Å². The summed E-state index contributed by atoms with van der Waals surface area (Å²) in [6.45, 7) is 6.13. The Morgan fingerprint density at radius 3 is 2.49 bits per heavy atom. The van der Waals surface area contributed by atoms with E-state index in [1.54, 1.807) is 25.1 Å². The number of aryl methyl sites for hydroxylation is 1. The molecule has 3 aromatic rings. The summed E-state index contributed by atoms with van der Waals surface area (Å²) in [5.74, 6) is 0.719. The van der Waals surface area contributed by atoms with E-state index in [2.05, 4.69) is 22.3 Å². The van der Waals surface area contributed by atoms with Gasteiger partial charge in [0.2, 0.25) is 5.91 Å². The van der Waals surface area contributed by atoms with Crippen molar-refractivity contribution < 1.29 is 22.5 Å². The SMILES string of the molecule is COc1ccc(-c2cc(C)no2)cc1S(=O)(=O)CCC(=O)Nc1ccc(N2CCC(C)CC2)cc1. The molecule has 0 aliphatic carbocycles. The molecule has 1 fully saturated rings. The van der Waals surface area contributed by atoms with E-state index in [0.29, 0.717) is 22.7 Å². The van der Waals surface area contributed by atoms with Gasteiger partial charge >= 0.3 is 0 Å². The van der Waals surface area contributed by atoms with Crippen molar-refractivity contribution in [3.63, 3.8) is 0 Å². The molecule has 0 spiro atoms. The monoisotopic (exact) mass is 497 g/mol. The Kier molecular flexibility index (Phi) is 7.45.